The normalized spacial score (nSPS) is 9.64. The fraction of sp³-hybridized carbons (Fsp3) is 0.300. The van der Waals surface area contributed by atoms with Crippen molar-refractivity contribution in [1.82, 2.24) is 5.32 Å². The van der Waals surface area contributed by atoms with Crippen LogP contribution >= 0.6 is 12.8 Å². The summed E-state index contributed by atoms with van der Waals surface area (Å²) in [5.41, 5.74) is 1.83. The molecule has 0 aliphatic heterocycles. The number of urea groups is 1. The Morgan fingerprint density at radius 1 is 1.50 bits per heavy atom. The molecular formula is C10H14N2OS. The Bertz CT molecular complexity index is 328. The van der Waals surface area contributed by atoms with Crippen molar-refractivity contribution >= 4 is 24.5 Å². The second kappa shape index (κ2) is 4.91. The van der Waals surface area contributed by atoms with Crippen LogP contribution in [0.3, 0.4) is 0 Å². The highest BCUT2D eigenvalue weighted by molar-refractivity contribution is 7.82. The van der Waals surface area contributed by atoms with E-state index >= 15 is 0 Å². The summed E-state index contributed by atoms with van der Waals surface area (Å²) in [6, 6.07) is 7.41. The van der Waals surface area contributed by atoms with Gasteiger partial charge in [0.05, 0.1) is 5.69 Å². The molecule has 4 heteroatoms. The Balaban J connectivity index is 2.84. The molecule has 0 fully saturated rings. The van der Waals surface area contributed by atoms with Gasteiger partial charge in [-0.2, -0.15) is 0 Å². The van der Waals surface area contributed by atoms with Gasteiger partial charge in [0.25, 0.3) is 0 Å². The van der Waals surface area contributed by atoms with Crippen molar-refractivity contribution in [3.63, 3.8) is 0 Å². The lowest BCUT2D eigenvalue weighted by atomic mass is 10.2. The van der Waals surface area contributed by atoms with Gasteiger partial charge < -0.3 is 5.32 Å². The van der Waals surface area contributed by atoms with E-state index in [2.05, 4.69) is 18.1 Å². The fourth-order valence-corrected chi connectivity index (χ4v) is 1.43. The molecule has 0 bridgehead atoms. The zero-order valence-corrected chi connectivity index (χ0v) is 9.21. The van der Waals surface area contributed by atoms with Crippen molar-refractivity contribution in [2.75, 3.05) is 10.8 Å². The van der Waals surface area contributed by atoms with Gasteiger partial charge in [-0.15, -0.1) is 0 Å². The molecule has 76 valence electrons. The first-order valence-corrected chi connectivity index (χ1v) is 4.89. The molecule has 1 aromatic rings. The number of hydrogen-bond acceptors (Lipinski definition) is 2. The zero-order chi connectivity index (χ0) is 10.6. The predicted molar refractivity (Wildman–Crippen MR) is 61.7 cm³/mol. The number of hydrogen-bond donors (Lipinski definition) is 2. The highest BCUT2D eigenvalue weighted by Gasteiger charge is 2.11. The standard InChI is InChI=1S/C10H14N2OS/c1-3-11-10(13)12(14)9-7-5-4-6-8(9)2/h4-7,14H,3H2,1-2H3,(H,11,13). The summed E-state index contributed by atoms with van der Waals surface area (Å²) in [5, 5.41) is 2.68. The van der Waals surface area contributed by atoms with Gasteiger partial charge >= 0.3 is 6.03 Å². The molecule has 0 saturated carbocycles. The topological polar surface area (TPSA) is 32.3 Å². The van der Waals surface area contributed by atoms with Gasteiger partial charge in [-0.05, 0) is 25.5 Å². The van der Waals surface area contributed by atoms with Crippen LogP contribution in [0, 0.1) is 6.92 Å². The van der Waals surface area contributed by atoms with Crippen LogP contribution in [0.2, 0.25) is 0 Å². The van der Waals surface area contributed by atoms with E-state index in [9.17, 15) is 4.79 Å². The van der Waals surface area contributed by atoms with E-state index in [-0.39, 0.29) is 6.03 Å². The number of carbonyl (C=O) groups is 1. The molecule has 0 spiro atoms. The molecule has 0 saturated heterocycles. The van der Waals surface area contributed by atoms with E-state index in [0.717, 1.165) is 11.3 Å². The van der Waals surface area contributed by atoms with E-state index in [1.54, 1.807) is 0 Å². The van der Waals surface area contributed by atoms with Crippen molar-refractivity contribution in [3.8, 4) is 0 Å². The van der Waals surface area contributed by atoms with Crippen LogP contribution in [-0.4, -0.2) is 12.6 Å². The molecule has 0 heterocycles. The van der Waals surface area contributed by atoms with Gasteiger partial charge in [-0.3, -0.25) is 0 Å². The number of nitrogens with one attached hydrogen (secondary N) is 1. The predicted octanol–water partition coefficient (Wildman–Crippen LogP) is 2.38. The van der Waals surface area contributed by atoms with E-state index in [1.807, 2.05) is 38.1 Å². The number of benzene rings is 1. The molecule has 0 atom stereocenters. The maximum absolute atomic E-state index is 11.4. The van der Waals surface area contributed by atoms with Crippen molar-refractivity contribution in [2.45, 2.75) is 13.8 Å². The largest absolute Gasteiger partial charge is 0.337 e. The van der Waals surface area contributed by atoms with Crippen LogP contribution in [0.15, 0.2) is 24.3 Å². The minimum Gasteiger partial charge on any atom is -0.337 e. The second-order valence-corrected chi connectivity index (χ2v) is 3.33. The van der Waals surface area contributed by atoms with Crippen LogP contribution < -0.4 is 9.62 Å². The minimum absolute atomic E-state index is 0.204. The van der Waals surface area contributed by atoms with Crippen LogP contribution in [-0.2, 0) is 0 Å². The number of nitrogens with zero attached hydrogens (tertiary/aromatic N) is 1. The van der Waals surface area contributed by atoms with Gasteiger partial charge in [-0.1, -0.05) is 31.0 Å². The highest BCUT2D eigenvalue weighted by Crippen LogP contribution is 2.20. The number of anilines is 1. The summed E-state index contributed by atoms with van der Waals surface area (Å²) in [6.45, 7) is 4.41. The summed E-state index contributed by atoms with van der Waals surface area (Å²) in [7, 11) is 0. The van der Waals surface area contributed by atoms with Gasteiger partial charge in [0.15, 0.2) is 0 Å². The first-order chi connectivity index (χ1) is 6.66. The molecule has 3 nitrogen and oxygen atoms in total. The summed E-state index contributed by atoms with van der Waals surface area (Å²) in [6.07, 6.45) is 0. The molecule has 1 rings (SSSR count). The third-order valence-electron chi connectivity index (χ3n) is 1.86. The van der Waals surface area contributed by atoms with E-state index in [1.165, 1.54) is 4.31 Å². The first kappa shape index (κ1) is 10.9. The minimum atomic E-state index is -0.204. The van der Waals surface area contributed by atoms with Gasteiger partial charge in [0, 0.05) is 6.54 Å². The van der Waals surface area contributed by atoms with Gasteiger partial charge in [0.2, 0.25) is 0 Å². The van der Waals surface area contributed by atoms with Crippen LogP contribution in [0.1, 0.15) is 12.5 Å². The molecule has 1 N–H and O–H groups in total. The Morgan fingerprint density at radius 2 is 2.14 bits per heavy atom. The van der Waals surface area contributed by atoms with Crippen molar-refractivity contribution in [3.05, 3.63) is 29.8 Å². The van der Waals surface area contributed by atoms with Crippen LogP contribution in [0.25, 0.3) is 0 Å². The van der Waals surface area contributed by atoms with Crippen molar-refractivity contribution in [2.24, 2.45) is 0 Å². The smallest absolute Gasteiger partial charge is 0.331 e. The molecule has 1 aromatic carbocycles. The quantitative estimate of drug-likeness (QED) is 0.722. The molecular weight excluding hydrogens is 196 g/mol. The second-order valence-electron chi connectivity index (χ2n) is 2.93. The van der Waals surface area contributed by atoms with E-state index in [0.29, 0.717) is 6.54 Å². The lowest BCUT2D eigenvalue weighted by molar-refractivity contribution is 0.250. The Hall–Kier alpha value is -1.16. The van der Waals surface area contributed by atoms with E-state index < -0.39 is 0 Å². The molecule has 0 aliphatic rings. The number of thiol groups is 1. The van der Waals surface area contributed by atoms with Gasteiger partial charge in [0.1, 0.15) is 0 Å². The average molecular weight is 210 g/mol. The SMILES string of the molecule is CCNC(=O)N(S)c1ccccc1C. The molecule has 0 aromatic heterocycles. The number of rotatable bonds is 2. The molecule has 0 aliphatic carbocycles. The van der Waals surface area contributed by atoms with E-state index in [4.69, 9.17) is 0 Å². The van der Waals surface area contributed by atoms with Crippen molar-refractivity contribution in [1.29, 1.82) is 0 Å². The zero-order valence-electron chi connectivity index (χ0n) is 8.32. The summed E-state index contributed by atoms with van der Waals surface area (Å²) in [5.74, 6) is 0. The monoisotopic (exact) mass is 210 g/mol. The first-order valence-electron chi connectivity index (χ1n) is 4.49. The summed E-state index contributed by atoms with van der Waals surface area (Å²) in [4.78, 5) is 11.4. The summed E-state index contributed by atoms with van der Waals surface area (Å²) < 4.78 is 1.32. The van der Waals surface area contributed by atoms with Crippen LogP contribution in [0.4, 0.5) is 10.5 Å². The molecule has 2 amide bonds. The molecule has 0 unspecified atom stereocenters. The lowest BCUT2D eigenvalue weighted by Gasteiger charge is -2.17. The number of para-hydroxylation sites is 1. The summed E-state index contributed by atoms with van der Waals surface area (Å²) >= 11 is 4.14. The Labute approximate surface area is 89.7 Å². The molecule has 14 heavy (non-hydrogen) atoms. The van der Waals surface area contributed by atoms with Gasteiger partial charge in [-0.25, -0.2) is 9.10 Å². The molecule has 0 radical (unpaired) electrons. The maximum atomic E-state index is 11.4. The highest BCUT2D eigenvalue weighted by atomic mass is 32.1. The van der Waals surface area contributed by atoms with Crippen molar-refractivity contribution < 1.29 is 4.79 Å². The number of aryl methyl sites for hydroxylation is 1. The fourth-order valence-electron chi connectivity index (χ4n) is 1.14. The third-order valence-corrected chi connectivity index (χ3v) is 2.26. The lowest BCUT2D eigenvalue weighted by Crippen LogP contribution is -2.34. The number of carbonyl (C=O) groups excluding carboxylic acids is 1. The maximum Gasteiger partial charge on any atom is 0.331 e. The van der Waals surface area contributed by atoms with Crippen LogP contribution in [0.5, 0.6) is 0 Å². The Kier molecular flexibility index (Phi) is 3.83. The average Bonchev–Trinajstić information content (AvgIpc) is 2.18. The third kappa shape index (κ3) is 2.42. The number of amides is 2. The Morgan fingerprint density at radius 3 is 2.71 bits per heavy atom.